The van der Waals surface area contributed by atoms with Gasteiger partial charge in [0.25, 0.3) is 0 Å². The van der Waals surface area contributed by atoms with Gasteiger partial charge in [0.2, 0.25) is 0 Å². The summed E-state index contributed by atoms with van der Waals surface area (Å²) in [5, 5.41) is 6.06. The van der Waals surface area contributed by atoms with Gasteiger partial charge in [-0.05, 0) is 40.0 Å². The monoisotopic (exact) mass is 320 g/mol. The third-order valence-electron chi connectivity index (χ3n) is 3.33. The molecule has 0 aromatic carbocycles. The lowest BCUT2D eigenvalue weighted by molar-refractivity contribution is 0.0502. The van der Waals surface area contributed by atoms with Crippen molar-refractivity contribution in [3.05, 3.63) is 0 Å². The van der Waals surface area contributed by atoms with E-state index in [9.17, 15) is 13.2 Å². The van der Waals surface area contributed by atoms with Crippen molar-refractivity contribution < 1.29 is 17.9 Å². The van der Waals surface area contributed by atoms with Gasteiger partial charge < -0.3 is 15.4 Å². The van der Waals surface area contributed by atoms with Gasteiger partial charge in [-0.2, -0.15) is 0 Å². The zero-order valence-electron chi connectivity index (χ0n) is 13.4. The highest BCUT2D eigenvalue weighted by atomic mass is 32.2. The minimum atomic E-state index is -2.91. The van der Waals surface area contributed by atoms with Crippen LogP contribution in [0, 0.1) is 0 Å². The van der Waals surface area contributed by atoms with Crippen LogP contribution in [0.1, 0.15) is 47.0 Å². The summed E-state index contributed by atoms with van der Waals surface area (Å²) in [5.41, 5.74) is -0.521. The Morgan fingerprint density at radius 2 is 2.05 bits per heavy atom. The van der Waals surface area contributed by atoms with E-state index in [2.05, 4.69) is 10.6 Å². The summed E-state index contributed by atoms with van der Waals surface area (Å²) < 4.78 is 28.4. The fraction of sp³-hybridized carbons (Fsp3) is 0.929. The normalized spacial score (nSPS) is 23.3. The molecule has 21 heavy (non-hydrogen) atoms. The molecule has 6 nitrogen and oxygen atoms in total. The number of carbonyl (C=O) groups is 1. The molecule has 1 heterocycles. The predicted molar refractivity (Wildman–Crippen MR) is 83.1 cm³/mol. The number of amides is 1. The average Bonchev–Trinajstić information content (AvgIpc) is 2.31. The molecule has 0 bridgehead atoms. The van der Waals surface area contributed by atoms with Gasteiger partial charge in [0.05, 0.1) is 11.5 Å². The van der Waals surface area contributed by atoms with E-state index in [0.29, 0.717) is 18.7 Å². The van der Waals surface area contributed by atoms with Crippen LogP contribution in [0.5, 0.6) is 0 Å². The number of alkyl carbamates (subject to hydrolysis) is 1. The Bertz CT molecular complexity index is 442. The molecule has 1 rings (SSSR count). The Morgan fingerprint density at radius 1 is 1.38 bits per heavy atom. The quantitative estimate of drug-likeness (QED) is 0.801. The van der Waals surface area contributed by atoms with Crippen LogP contribution in [-0.4, -0.2) is 50.2 Å². The smallest absolute Gasteiger partial charge is 0.407 e. The SMILES string of the molecule is CCC(CNC1CCCS(=O)(=O)C1)NC(=O)OC(C)(C)C. The molecule has 2 N–H and O–H groups in total. The van der Waals surface area contributed by atoms with Crippen molar-refractivity contribution in [1.29, 1.82) is 0 Å². The van der Waals surface area contributed by atoms with Gasteiger partial charge in [0.15, 0.2) is 9.84 Å². The van der Waals surface area contributed by atoms with Crippen molar-refractivity contribution in [2.45, 2.75) is 64.6 Å². The molecule has 0 saturated carbocycles. The molecule has 7 heteroatoms. The maximum Gasteiger partial charge on any atom is 0.407 e. The summed E-state index contributed by atoms with van der Waals surface area (Å²) in [5.74, 6) is 0.481. The highest BCUT2D eigenvalue weighted by Gasteiger charge is 2.25. The lowest BCUT2D eigenvalue weighted by atomic mass is 10.1. The Kier molecular flexibility index (Phi) is 6.46. The minimum absolute atomic E-state index is 0.0155. The second-order valence-electron chi connectivity index (χ2n) is 6.61. The maximum atomic E-state index is 11.7. The molecule has 0 aliphatic carbocycles. The highest BCUT2D eigenvalue weighted by molar-refractivity contribution is 7.91. The standard InChI is InChI=1S/C14H28N2O4S/c1-5-11(16-13(17)20-14(2,3)4)9-15-12-7-6-8-21(18,19)10-12/h11-12,15H,5-10H2,1-4H3,(H,16,17). The molecule has 2 unspecified atom stereocenters. The molecule has 124 valence electrons. The van der Waals surface area contributed by atoms with Gasteiger partial charge in [-0.3, -0.25) is 0 Å². The summed E-state index contributed by atoms with van der Waals surface area (Å²) in [7, 11) is -2.91. The summed E-state index contributed by atoms with van der Waals surface area (Å²) >= 11 is 0. The summed E-state index contributed by atoms with van der Waals surface area (Å²) in [4.78, 5) is 11.7. The van der Waals surface area contributed by atoms with Gasteiger partial charge in [-0.25, -0.2) is 13.2 Å². The fourth-order valence-corrected chi connectivity index (χ4v) is 3.94. The Labute approximate surface area is 127 Å². The van der Waals surface area contributed by atoms with E-state index in [1.54, 1.807) is 0 Å². The summed E-state index contributed by atoms with van der Waals surface area (Å²) in [6.45, 7) is 7.98. The van der Waals surface area contributed by atoms with Gasteiger partial charge in [0, 0.05) is 18.6 Å². The van der Waals surface area contributed by atoms with Crippen LogP contribution in [0.3, 0.4) is 0 Å². The Morgan fingerprint density at radius 3 is 2.57 bits per heavy atom. The Hall–Kier alpha value is -0.820. The van der Waals surface area contributed by atoms with Crippen LogP contribution in [0.25, 0.3) is 0 Å². The lowest BCUT2D eigenvalue weighted by Crippen LogP contribution is -2.48. The largest absolute Gasteiger partial charge is 0.444 e. The second kappa shape index (κ2) is 7.45. The molecule has 1 aliphatic heterocycles. The molecule has 0 spiro atoms. The molecule has 0 radical (unpaired) electrons. The third kappa shape index (κ3) is 7.66. The molecular weight excluding hydrogens is 292 g/mol. The molecule has 0 aromatic heterocycles. The second-order valence-corrected chi connectivity index (χ2v) is 8.84. The van der Waals surface area contributed by atoms with E-state index < -0.39 is 21.5 Å². The van der Waals surface area contributed by atoms with E-state index >= 15 is 0 Å². The van der Waals surface area contributed by atoms with E-state index in [4.69, 9.17) is 4.74 Å². The average molecular weight is 320 g/mol. The van der Waals surface area contributed by atoms with E-state index in [1.807, 2.05) is 27.7 Å². The van der Waals surface area contributed by atoms with Crippen molar-refractivity contribution in [3.63, 3.8) is 0 Å². The number of ether oxygens (including phenoxy) is 1. The molecule has 1 aliphatic rings. The van der Waals surface area contributed by atoms with Crippen LogP contribution >= 0.6 is 0 Å². The van der Waals surface area contributed by atoms with Gasteiger partial charge in [-0.1, -0.05) is 6.92 Å². The Balaban J connectivity index is 2.39. The highest BCUT2D eigenvalue weighted by Crippen LogP contribution is 2.12. The van der Waals surface area contributed by atoms with E-state index in [1.165, 1.54) is 0 Å². The first-order chi connectivity index (χ1) is 9.61. The first kappa shape index (κ1) is 18.2. The molecular formula is C14H28N2O4S. The first-order valence-corrected chi connectivity index (χ1v) is 9.37. The lowest BCUT2D eigenvalue weighted by Gasteiger charge is -2.27. The fourth-order valence-electron chi connectivity index (χ4n) is 2.26. The van der Waals surface area contributed by atoms with Crippen LogP contribution in [0.2, 0.25) is 0 Å². The first-order valence-electron chi connectivity index (χ1n) is 7.54. The van der Waals surface area contributed by atoms with Crippen LogP contribution in [0.4, 0.5) is 4.79 Å². The number of hydrogen-bond acceptors (Lipinski definition) is 5. The van der Waals surface area contributed by atoms with Crippen molar-refractivity contribution in [2.75, 3.05) is 18.1 Å². The van der Waals surface area contributed by atoms with E-state index in [0.717, 1.165) is 12.8 Å². The third-order valence-corrected chi connectivity index (χ3v) is 5.15. The molecule has 1 fully saturated rings. The number of nitrogens with one attached hydrogen (secondary N) is 2. The predicted octanol–water partition coefficient (Wildman–Crippen LogP) is 1.46. The minimum Gasteiger partial charge on any atom is -0.444 e. The van der Waals surface area contributed by atoms with Crippen molar-refractivity contribution in [2.24, 2.45) is 0 Å². The topological polar surface area (TPSA) is 84.5 Å². The maximum absolute atomic E-state index is 11.7. The molecule has 1 saturated heterocycles. The van der Waals surface area contributed by atoms with Gasteiger partial charge >= 0.3 is 6.09 Å². The number of carbonyl (C=O) groups excluding carboxylic acids is 1. The van der Waals surface area contributed by atoms with Crippen LogP contribution in [-0.2, 0) is 14.6 Å². The number of sulfone groups is 1. The summed E-state index contributed by atoms with van der Waals surface area (Å²) in [6.07, 6.45) is 1.89. The zero-order valence-corrected chi connectivity index (χ0v) is 14.3. The van der Waals surface area contributed by atoms with E-state index in [-0.39, 0.29) is 17.8 Å². The van der Waals surface area contributed by atoms with Crippen molar-refractivity contribution in [1.82, 2.24) is 10.6 Å². The number of hydrogen-bond donors (Lipinski definition) is 2. The molecule has 2 atom stereocenters. The zero-order chi connectivity index (χ0) is 16.1. The van der Waals surface area contributed by atoms with Crippen molar-refractivity contribution >= 4 is 15.9 Å². The molecule has 1 amide bonds. The molecule has 0 aromatic rings. The summed E-state index contributed by atoms with van der Waals surface area (Å²) in [6, 6.07) is -0.0808. The van der Waals surface area contributed by atoms with Crippen molar-refractivity contribution in [3.8, 4) is 0 Å². The number of rotatable bonds is 5. The van der Waals surface area contributed by atoms with Gasteiger partial charge in [0.1, 0.15) is 5.60 Å². The van der Waals surface area contributed by atoms with Crippen LogP contribution in [0.15, 0.2) is 0 Å². The van der Waals surface area contributed by atoms with Crippen LogP contribution < -0.4 is 10.6 Å². The van der Waals surface area contributed by atoms with Gasteiger partial charge in [-0.15, -0.1) is 0 Å².